The van der Waals surface area contributed by atoms with Crippen molar-refractivity contribution in [2.45, 2.75) is 20.8 Å². The third-order valence-corrected chi connectivity index (χ3v) is 5.61. The van der Waals surface area contributed by atoms with E-state index in [4.69, 9.17) is 4.74 Å². The van der Waals surface area contributed by atoms with E-state index in [9.17, 15) is 14.4 Å². The van der Waals surface area contributed by atoms with Gasteiger partial charge in [-0.15, -0.1) is 0 Å². The van der Waals surface area contributed by atoms with Gasteiger partial charge in [-0.25, -0.2) is 9.69 Å². The van der Waals surface area contributed by atoms with Gasteiger partial charge < -0.3 is 4.74 Å². The first-order valence-electron chi connectivity index (χ1n) is 8.96. The van der Waals surface area contributed by atoms with Crippen molar-refractivity contribution in [1.82, 2.24) is 0 Å². The standard InChI is InChI=1S/C21H21NO4/c1-4-26-21(25)12-6-5-7-13(10-12)22-19(23)17-14-8-9-15(16(14)11(2)3)18(17)20(22)24/h5-10,14-15,17-18H,4H2,1-3H3/t14-,15-,17+,18+/m1/s1. The van der Waals surface area contributed by atoms with Crippen molar-refractivity contribution in [1.29, 1.82) is 0 Å². The Morgan fingerprint density at radius 1 is 1.08 bits per heavy atom. The lowest BCUT2D eigenvalue weighted by atomic mass is 9.85. The Labute approximate surface area is 152 Å². The minimum atomic E-state index is -0.456. The van der Waals surface area contributed by atoms with Crippen LogP contribution in [0.4, 0.5) is 5.69 Å². The number of allylic oxidation sites excluding steroid dienone is 4. The topological polar surface area (TPSA) is 63.7 Å². The number of rotatable bonds is 3. The molecule has 1 saturated heterocycles. The lowest BCUT2D eigenvalue weighted by Gasteiger charge is -2.19. The largest absolute Gasteiger partial charge is 0.462 e. The molecule has 1 aliphatic heterocycles. The molecule has 1 heterocycles. The van der Waals surface area contributed by atoms with Crippen LogP contribution in [-0.4, -0.2) is 24.4 Å². The molecule has 26 heavy (non-hydrogen) atoms. The van der Waals surface area contributed by atoms with Gasteiger partial charge in [-0.2, -0.15) is 0 Å². The van der Waals surface area contributed by atoms with Crippen LogP contribution in [0.3, 0.4) is 0 Å². The van der Waals surface area contributed by atoms with Crippen LogP contribution in [0.5, 0.6) is 0 Å². The van der Waals surface area contributed by atoms with Gasteiger partial charge in [0.1, 0.15) is 0 Å². The third-order valence-electron chi connectivity index (χ3n) is 5.61. The van der Waals surface area contributed by atoms with E-state index in [1.54, 1.807) is 31.2 Å². The summed E-state index contributed by atoms with van der Waals surface area (Å²) in [5, 5.41) is 0. The summed E-state index contributed by atoms with van der Waals surface area (Å²) in [7, 11) is 0. The molecule has 2 fully saturated rings. The zero-order chi connectivity index (χ0) is 18.6. The van der Waals surface area contributed by atoms with E-state index in [0.29, 0.717) is 11.3 Å². The average Bonchev–Trinajstić information content (AvgIpc) is 3.25. The highest BCUT2D eigenvalue weighted by Crippen LogP contribution is 2.57. The molecule has 0 aromatic heterocycles. The van der Waals surface area contributed by atoms with Crippen molar-refractivity contribution >= 4 is 23.5 Å². The van der Waals surface area contributed by atoms with Crippen LogP contribution in [-0.2, 0) is 14.3 Å². The number of amides is 2. The molecule has 2 aliphatic carbocycles. The van der Waals surface area contributed by atoms with Crippen molar-refractivity contribution in [3.8, 4) is 0 Å². The molecule has 0 N–H and O–H groups in total. The van der Waals surface area contributed by atoms with Crippen LogP contribution in [0.2, 0.25) is 0 Å². The van der Waals surface area contributed by atoms with Crippen LogP contribution in [0.1, 0.15) is 31.1 Å². The van der Waals surface area contributed by atoms with Gasteiger partial charge in [-0.1, -0.05) is 29.4 Å². The molecule has 1 aromatic rings. The molecule has 3 aliphatic rings. The summed E-state index contributed by atoms with van der Waals surface area (Å²) >= 11 is 0. The first-order valence-corrected chi connectivity index (χ1v) is 8.96. The lowest BCUT2D eigenvalue weighted by molar-refractivity contribution is -0.122. The summed E-state index contributed by atoms with van der Waals surface area (Å²) in [6.07, 6.45) is 4.13. The van der Waals surface area contributed by atoms with E-state index < -0.39 is 5.97 Å². The zero-order valence-electron chi connectivity index (χ0n) is 15.1. The predicted octanol–water partition coefficient (Wildman–Crippen LogP) is 3.12. The number of anilines is 1. The van der Waals surface area contributed by atoms with Gasteiger partial charge in [-0.05, 0) is 39.0 Å². The van der Waals surface area contributed by atoms with Gasteiger partial charge in [0, 0.05) is 11.8 Å². The molecule has 5 nitrogen and oxygen atoms in total. The van der Waals surface area contributed by atoms with E-state index in [-0.39, 0.29) is 42.1 Å². The highest BCUT2D eigenvalue weighted by atomic mass is 16.5. The first-order chi connectivity index (χ1) is 12.5. The zero-order valence-corrected chi connectivity index (χ0v) is 15.1. The molecule has 2 amide bonds. The Morgan fingerprint density at radius 2 is 1.69 bits per heavy atom. The van der Waals surface area contributed by atoms with Crippen LogP contribution in [0, 0.1) is 23.7 Å². The molecular formula is C21H21NO4. The molecular weight excluding hydrogens is 330 g/mol. The summed E-state index contributed by atoms with van der Waals surface area (Å²) in [6, 6.07) is 6.55. The second-order valence-corrected chi connectivity index (χ2v) is 7.23. The van der Waals surface area contributed by atoms with Crippen LogP contribution in [0.25, 0.3) is 0 Å². The van der Waals surface area contributed by atoms with Gasteiger partial charge in [-0.3, -0.25) is 9.59 Å². The SMILES string of the molecule is CCOC(=O)c1cccc(N2C(=O)[C@@H]3[C@@H](C2=O)[C@@H]2C=C[C@@H]3C2=C(C)C)c1. The quantitative estimate of drug-likeness (QED) is 0.477. The molecule has 134 valence electrons. The van der Waals surface area contributed by atoms with Crippen LogP contribution in [0.15, 0.2) is 47.6 Å². The fourth-order valence-corrected chi connectivity index (χ4v) is 4.67. The molecule has 0 radical (unpaired) electrons. The number of esters is 1. The maximum atomic E-state index is 13.1. The molecule has 2 bridgehead atoms. The average molecular weight is 351 g/mol. The van der Waals surface area contributed by atoms with E-state index >= 15 is 0 Å². The summed E-state index contributed by atoms with van der Waals surface area (Å²) in [5.41, 5.74) is 3.20. The second-order valence-electron chi connectivity index (χ2n) is 7.23. The number of nitrogens with zero attached hydrogens (tertiary/aromatic N) is 1. The van der Waals surface area contributed by atoms with Crippen molar-refractivity contribution in [3.05, 3.63) is 53.1 Å². The Balaban J connectivity index is 1.69. The maximum Gasteiger partial charge on any atom is 0.338 e. The predicted molar refractivity (Wildman–Crippen MR) is 96.4 cm³/mol. The van der Waals surface area contributed by atoms with E-state index in [0.717, 1.165) is 0 Å². The van der Waals surface area contributed by atoms with Gasteiger partial charge >= 0.3 is 5.97 Å². The maximum absolute atomic E-state index is 13.1. The summed E-state index contributed by atoms with van der Waals surface area (Å²) < 4.78 is 5.01. The number of benzene rings is 1. The molecule has 4 atom stereocenters. The number of fused-ring (bicyclic) bond motifs is 5. The number of hydrogen-bond donors (Lipinski definition) is 0. The monoisotopic (exact) mass is 351 g/mol. The van der Waals surface area contributed by atoms with Crippen molar-refractivity contribution < 1.29 is 19.1 Å². The molecule has 5 heteroatoms. The molecule has 1 aromatic carbocycles. The fourth-order valence-electron chi connectivity index (χ4n) is 4.67. The van der Waals surface area contributed by atoms with Crippen molar-refractivity contribution in [2.75, 3.05) is 11.5 Å². The molecule has 1 saturated carbocycles. The number of carbonyl (C=O) groups is 3. The Kier molecular flexibility index (Phi) is 3.83. The van der Waals surface area contributed by atoms with Crippen LogP contribution >= 0.6 is 0 Å². The van der Waals surface area contributed by atoms with Crippen molar-refractivity contribution in [3.63, 3.8) is 0 Å². The van der Waals surface area contributed by atoms with E-state index in [1.807, 2.05) is 13.8 Å². The highest BCUT2D eigenvalue weighted by molar-refractivity contribution is 6.23. The van der Waals surface area contributed by atoms with Gasteiger partial charge in [0.2, 0.25) is 11.8 Å². The van der Waals surface area contributed by atoms with E-state index in [1.165, 1.54) is 16.0 Å². The Morgan fingerprint density at radius 3 is 2.23 bits per heavy atom. The lowest BCUT2D eigenvalue weighted by Crippen LogP contribution is -2.33. The Hall–Kier alpha value is -2.69. The smallest absolute Gasteiger partial charge is 0.338 e. The Bertz CT molecular complexity index is 844. The van der Waals surface area contributed by atoms with E-state index in [2.05, 4.69) is 12.2 Å². The van der Waals surface area contributed by atoms with Gasteiger partial charge in [0.25, 0.3) is 0 Å². The summed E-state index contributed by atoms with van der Waals surface area (Å²) in [4.78, 5) is 39.4. The third kappa shape index (κ3) is 2.19. The minimum Gasteiger partial charge on any atom is -0.462 e. The number of carbonyl (C=O) groups excluding carboxylic acids is 3. The minimum absolute atomic E-state index is 0.0182. The molecule has 4 rings (SSSR count). The van der Waals surface area contributed by atoms with Gasteiger partial charge in [0.05, 0.1) is 29.7 Å². The summed E-state index contributed by atoms with van der Waals surface area (Å²) in [5.74, 6) is -1.41. The summed E-state index contributed by atoms with van der Waals surface area (Å²) in [6.45, 7) is 6.09. The number of hydrogen-bond acceptors (Lipinski definition) is 4. The molecule has 0 spiro atoms. The normalized spacial score (nSPS) is 28.7. The molecule has 0 unspecified atom stereocenters. The van der Waals surface area contributed by atoms with Crippen LogP contribution < -0.4 is 4.90 Å². The highest BCUT2D eigenvalue weighted by Gasteiger charge is 2.61. The first kappa shape index (κ1) is 16.8. The van der Waals surface area contributed by atoms with Crippen molar-refractivity contribution in [2.24, 2.45) is 23.7 Å². The number of imide groups is 1. The fraction of sp³-hybridized carbons (Fsp3) is 0.381. The number of ether oxygens (including phenoxy) is 1. The second kappa shape index (κ2) is 5.94. The van der Waals surface area contributed by atoms with Gasteiger partial charge in [0.15, 0.2) is 0 Å².